The minimum Gasteiger partial charge on any atom is -0.255 e. The topological polar surface area (TPSA) is 34.1 Å². The van der Waals surface area contributed by atoms with Gasteiger partial charge in [-0.25, -0.2) is 0 Å². The van der Waals surface area contributed by atoms with Crippen molar-refractivity contribution in [1.29, 1.82) is 0 Å². The van der Waals surface area contributed by atoms with E-state index in [9.17, 15) is 9.59 Å². The lowest BCUT2D eigenvalue weighted by molar-refractivity contribution is 1.73. The van der Waals surface area contributed by atoms with Gasteiger partial charge in [-0.05, 0) is 12.1 Å². The molecule has 0 saturated heterocycles. The van der Waals surface area contributed by atoms with E-state index in [2.05, 4.69) is 0 Å². The minimum atomic E-state index is -0.175. The summed E-state index contributed by atoms with van der Waals surface area (Å²) in [5.74, 6) is 0. The normalized spacial score (nSPS) is 10.5. The Hall–Kier alpha value is -1.57. The van der Waals surface area contributed by atoms with E-state index in [4.69, 9.17) is 0 Å². The molecule has 0 aliphatic heterocycles. The summed E-state index contributed by atoms with van der Waals surface area (Å²) in [5.41, 5.74) is -0.351. The van der Waals surface area contributed by atoms with Gasteiger partial charge in [0.2, 0.25) is 0 Å². The molecule has 0 atom stereocenters. The van der Waals surface area contributed by atoms with Gasteiger partial charge >= 0.3 is 10.9 Å². The van der Waals surface area contributed by atoms with E-state index in [1.54, 1.807) is 24.3 Å². The van der Waals surface area contributed by atoms with Crippen LogP contribution in [0.2, 0.25) is 0 Å². The molecule has 2 aromatic rings. The van der Waals surface area contributed by atoms with Gasteiger partial charge in [-0.2, -0.15) is 0 Å². The van der Waals surface area contributed by atoms with Crippen molar-refractivity contribution in [1.82, 2.24) is 0 Å². The number of hydrogen-bond acceptors (Lipinski definition) is 2. The number of fused-ring (bicyclic) bond motifs is 1. The van der Waals surface area contributed by atoms with E-state index in [-0.39, 0.29) is 10.9 Å². The van der Waals surface area contributed by atoms with Crippen LogP contribution in [0.1, 0.15) is 0 Å². The van der Waals surface area contributed by atoms with Gasteiger partial charge in [-0.1, -0.05) is 0 Å². The van der Waals surface area contributed by atoms with Crippen LogP contribution in [0, 0.1) is 0 Å². The highest BCUT2D eigenvalue weighted by Crippen LogP contribution is 2.02. The standard InChI is InChI=1S/C9H5O2/c10-8-5-9(11)7-4-2-1-3-6(7)8/h1-5H/q+1. The summed E-state index contributed by atoms with van der Waals surface area (Å²) in [6.07, 6.45) is 0. The van der Waals surface area contributed by atoms with E-state index in [1.165, 1.54) is 0 Å². The first-order valence-electron chi connectivity index (χ1n) is 3.31. The fourth-order valence-electron chi connectivity index (χ4n) is 1.19. The average Bonchev–Trinajstić information content (AvgIpc) is 2.30. The van der Waals surface area contributed by atoms with Gasteiger partial charge in [0.05, 0.1) is 0 Å². The molecule has 11 heavy (non-hydrogen) atoms. The first-order valence-corrected chi connectivity index (χ1v) is 3.31. The molecule has 0 saturated carbocycles. The Labute approximate surface area is 62.4 Å². The maximum absolute atomic E-state index is 11.0. The Bertz CT molecular complexity index is 438. The van der Waals surface area contributed by atoms with Gasteiger partial charge in [0.1, 0.15) is 6.07 Å². The molecule has 0 spiro atoms. The second-order valence-electron chi connectivity index (χ2n) is 2.42. The van der Waals surface area contributed by atoms with Gasteiger partial charge in [0.15, 0.2) is 10.8 Å². The summed E-state index contributed by atoms with van der Waals surface area (Å²) < 4.78 is 0. The molecule has 2 aromatic carbocycles. The second-order valence-corrected chi connectivity index (χ2v) is 2.42. The van der Waals surface area contributed by atoms with Crippen LogP contribution in [-0.2, 0) is 0 Å². The molecule has 2 heteroatoms. The van der Waals surface area contributed by atoms with Crippen LogP contribution < -0.4 is 10.9 Å². The molecule has 0 N–H and O–H groups in total. The Balaban J connectivity index is 3.20. The largest absolute Gasteiger partial charge is 0.309 e. The summed E-state index contributed by atoms with van der Waals surface area (Å²) in [4.78, 5) is 22.0. The second kappa shape index (κ2) is 1.95. The van der Waals surface area contributed by atoms with Crippen LogP contribution >= 0.6 is 0 Å². The third-order valence-corrected chi connectivity index (χ3v) is 1.72. The Morgan fingerprint density at radius 1 is 0.909 bits per heavy atom. The molecule has 52 valence electrons. The van der Waals surface area contributed by atoms with E-state index in [0.29, 0.717) is 10.8 Å². The van der Waals surface area contributed by atoms with Crippen molar-refractivity contribution >= 4 is 10.8 Å². The van der Waals surface area contributed by atoms with E-state index in [1.807, 2.05) is 0 Å². The zero-order chi connectivity index (χ0) is 7.84. The van der Waals surface area contributed by atoms with Crippen molar-refractivity contribution < 1.29 is 0 Å². The lowest BCUT2D eigenvalue weighted by Crippen LogP contribution is -1.94. The third kappa shape index (κ3) is 0.759. The lowest BCUT2D eigenvalue weighted by Gasteiger charge is -1.72. The van der Waals surface area contributed by atoms with Crippen LogP contribution in [0.4, 0.5) is 0 Å². The molecular formula is C9H5O2+. The Morgan fingerprint density at radius 2 is 1.36 bits per heavy atom. The van der Waals surface area contributed by atoms with E-state index in [0.717, 1.165) is 6.07 Å². The average molecular weight is 145 g/mol. The zero-order valence-corrected chi connectivity index (χ0v) is 5.70. The van der Waals surface area contributed by atoms with E-state index >= 15 is 0 Å². The predicted molar refractivity (Wildman–Crippen MR) is 43.3 cm³/mol. The molecule has 2 rings (SSSR count). The smallest absolute Gasteiger partial charge is 0.255 e. The quantitative estimate of drug-likeness (QED) is 0.512. The summed E-state index contributed by atoms with van der Waals surface area (Å²) in [5, 5.41) is 1.05. The van der Waals surface area contributed by atoms with Gasteiger partial charge in [0, 0.05) is 12.1 Å². The maximum atomic E-state index is 11.0. The van der Waals surface area contributed by atoms with Crippen molar-refractivity contribution in [3.05, 3.63) is 50.8 Å². The SMILES string of the molecule is O=c1[cH+]c(=O)c2ccccc12. The highest BCUT2D eigenvalue weighted by atomic mass is 16.1. The molecule has 0 fully saturated rings. The van der Waals surface area contributed by atoms with Crippen LogP contribution in [0.25, 0.3) is 10.8 Å². The third-order valence-electron chi connectivity index (χ3n) is 1.72. The molecule has 0 unspecified atom stereocenters. The zero-order valence-electron chi connectivity index (χ0n) is 5.70. The number of benzene rings is 1. The summed E-state index contributed by atoms with van der Waals surface area (Å²) >= 11 is 0. The summed E-state index contributed by atoms with van der Waals surface area (Å²) in [7, 11) is 0. The van der Waals surface area contributed by atoms with Crippen LogP contribution in [-0.4, -0.2) is 0 Å². The molecule has 0 aliphatic carbocycles. The molecule has 0 bridgehead atoms. The van der Waals surface area contributed by atoms with Crippen LogP contribution in [0.5, 0.6) is 0 Å². The molecule has 0 aliphatic rings. The van der Waals surface area contributed by atoms with Crippen LogP contribution in [0.3, 0.4) is 0 Å². The summed E-state index contributed by atoms with van der Waals surface area (Å²) in [6.45, 7) is 0. The maximum Gasteiger partial charge on any atom is 0.309 e. The van der Waals surface area contributed by atoms with Gasteiger partial charge in [-0.3, -0.25) is 9.59 Å². The fourth-order valence-corrected chi connectivity index (χ4v) is 1.19. The first-order chi connectivity index (χ1) is 5.29. The fraction of sp³-hybridized carbons (Fsp3) is 0. The van der Waals surface area contributed by atoms with Gasteiger partial charge in [-0.15, -0.1) is 0 Å². The van der Waals surface area contributed by atoms with Crippen molar-refractivity contribution in [3.8, 4) is 0 Å². The summed E-state index contributed by atoms with van der Waals surface area (Å²) in [6, 6.07) is 7.97. The van der Waals surface area contributed by atoms with Crippen molar-refractivity contribution in [2.45, 2.75) is 0 Å². The van der Waals surface area contributed by atoms with Crippen molar-refractivity contribution in [3.63, 3.8) is 0 Å². The van der Waals surface area contributed by atoms with E-state index < -0.39 is 0 Å². The molecule has 2 nitrogen and oxygen atoms in total. The van der Waals surface area contributed by atoms with Crippen LogP contribution in [0.15, 0.2) is 39.9 Å². The molecule has 0 heterocycles. The predicted octanol–water partition coefficient (Wildman–Crippen LogP) is 0.717. The first kappa shape index (κ1) is 6.16. The highest BCUT2D eigenvalue weighted by Gasteiger charge is 2.13. The highest BCUT2D eigenvalue weighted by molar-refractivity contribution is 5.83. The van der Waals surface area contributed by atoms with Gasteiger partial charge < -0.3 is 0 Å². The van der Waals surface area contributed by atoms with Crippen molar-refractivity contribution in [2.24, 2.45) is 0 Å². The monoisotopic (exact) mass is 145 g/mol. The number of hydrogen-bond donors (Lipinski definition) is 0. The minimum absolute atomic E-state index is 0.175. The Morgan fingerprint density at radius 3 is 1.82 bits per heavy atom. The molecular weight excluding hydrogens is 140 g/mol. The van der Waals surface area contributed by atoms with Gasteiger partial charge in [0.25, 0.3) is 0 Å². The van der Waals surface area contributed by atoms with Crippen molar-refractivity contribution in [2.75, 3.05) is 0 Å². The molecule has 0 amide bonds. The Kier molecular flexibility index (Phi) is 1.09. The lowest BCUT2D eigenvalue weighted by atomic mass is 10.2. The molecule has 0 radical (unpaired) electrons. The number of rotatable bonds is 0. The molecule has 0 aromatic heterocycles.